The summed E-state index contributed by atoms with van der Waals surface area (Å²) in [5.74, 6) is -0.175. The number of nitrogens with two attached hydrogens (primary N) is 2. The third-order valence-corrected chi connectivity index (χ3v) is 1.99. The van der Waals surface area contributed by atoms with Crippen molar-refractivity contribution >= 4 is 12.2 Å². The van der Waals surface area contributed by atoms with Gasteiger partial charge in [-0.3, -0.25) is 0 Å². The van der Waals surface area contributed by atoms with Crippen LogP contribution in [-0.2, 0) is 9.47 Å². The van der Waals surface area contributed by atoms with Crippen LogP contribution < -0.4 is 11.5 Å². The van der Waals surface area contributed by atoms with Crippen molar-refractivity contribution in [3.63, 3.8) is 0 Å². The maximum atomic E-state index is 10.4. The summed E-state index contributed by atoms with van der Waals surface area (Å²) in [5, 5.41) is 0. The van der Waals surface area contributed by atoms with Gasteiger partial charge < -0.3 is 20.9 Å². The third-order valence-electron chi connectivity index (χ3n) is 1.99. The molecule has 1 unspecified atom stereocenters. The molecule has 0 aliphatic heterocycles. The molecule has 0 rings (SSSR count). The van der Waals surface area contributed by atoms with Crippen LogP contribution in [0.15, 0.2) is 12.7 Å². The molecular formula is C9H16N2O4. The highest BCUT2D eigenvalue weighted by molar-refractivity contribution is 5.65. The SMILES string of the molecule is C=CC(C)C(COC(N)=O)COC(N)=O. The number of rotatable bonds is 6. The lowest BCUT2D eigenvalue weighted by Crippen LogP contribution is -2.28. The minimum Gasteiger partial charge on any atom is -0.449 e. The topological polar surface area (TPSA) is 105 Å². The lowest BCUT2D eigenvalue weighted by atomic mass is 9.96. The predicted octanol–water partition coefficient (Wildman–Crippen LogP) is 0.615. The average molecular weight is 216 g/mol. The molecule has 0 spiro atoms. The molecule has 0 aromatic heterocycles. The second-order valence-electron chi connectivity index (χ2n) is 3.11. The van der Waals surface area contributed by atoms with Crippen LogP contribution in [-0.4, -0.2) is 25.4 Å². The fourth-order valence-electron chi connectivity index (χ4n) is 0.922. The van der Waals surface area contributed by atoms with Crippen LogP contribution in [0.2, 0.25) is 0 Å². The fraction of sp³-hybridized carbons (Fsp3) is 0.556. The number of ether oxygens (including phenoxy) is 2. The molecule has 0 saturated carbocycles. The Bertz CT molecular complexity index is 224. The Balaban J connectivity index is 4.11. The van der Waals surface area contributed by atoms with E-state index >= 15 is 0 Å². The second-order valence-corrected chi connectivity index (χ2v) is 3.11. The zero-order valence-electron chi connectivity index (χ0n) is 8.64. The number of primary amides is 2. The maximum Gasteiger partial charge on any atom is 0.404 e. The van der Waals surface area contributed by atoms with Gasteiger partial charge in [0, 0.05) is 5.92 Å². The van der Waals surface area contributed by atoms with E-state index < -0.39 is 12.2 Å². The van der Waals surface area contributed by atoms with Crippen LogP contribution >= 0.6 is 0 Å². The molecule has 6 nitrogen and oxygen atoms in total. The van der Waals surface area contributed by atoms with E-state index in [2.05, 4.69) is 16.1 Å². The Hall–Kier alpha value is -1.72. The van der Waals surface area contributed by atoms with E-state index in [9.17, 15) is 9.59 Å². The minimum absolute atomic E-state index is 0.0173. The average Bonchev–Trinajstić information content (AvgIpc) is 2.16. The van der Waals surface area contributed by atoms with Crippen molar-refractivity contribution in [2.45, 2.75) is 6.92 Å². The van der Waals surface area contributed by atoms with Crippen LogP contribution in [0.4, 0.5) is 9.59 Å². The molecule has 0 saturated heterocycles. The second kappa shape index (κ2) is 6.69. The Morgan fingerprint density at radius 1 is 1.27 bits per heavy atom. The van der Waals surface area contributed by atoms with Gasteiger partial charge in [-0.05, 0) is 5.92 Å². The molecule has 15 heavy (non-hydrogen) atoms. The zero-order valence-corrected chi connectivity index (χ0v) is 8.64. The normalized spacial score (nSPS) is 11.9. The Kier molecular flexibility index (Phi) is 5.92. The van der Waals surface area contributed by atoms with Crippen molar-refractivity contribution in [2.24, 2.45) is 23.3 Å². The molecule has 0 aliphatic carbocycles. The van der Waals surface area contributed by atoms with Crippen molar-refractivity contribution in [3.05, 3.63) is 12.7 Å². The van der Waals surface area contributed by atoms with E-state index in [0.717, 1.165) is 0 Å². The summed E-state index contributed by atoms with van der Waals surface area (Å²) in [6, 6.07) is 0. The molecule has 0 aromatic rings. The van der Waals surface area contributed by atoms with Gasteiger partial charge in [0.2, 0.25) is 0 Å². The predicted molar refractivity (Wildman–Crippen MR) is 53.9 cm³/mol. The van der Waals surface area contributed by atoms with E-state index in [1.165, 1.54) is 0 Å². The lowest BCUT2D eigenvalue weighted by molar-refractivity contribution is 0.0811. The molecule has 0 bridgehead atoms. The number of hydrogen-bond donors (Lipinski definition) is 2. The van der Waals surface area contributed by atoms with E-state index in [0.29, 0.717) is 0 Å². The molecule has 0 aliphatic rings. The molecule has 2 amide bonds. The summed E-state index contributed by atoms with van der Waals surface area (Å²) >= 11 is 0. The number of allylic oxidation sites excluding steroid dienone is 1. The van der Waals surface area contributed by atoms with E-state index in [-0.39, 0.29) is 25.0 Å². The highest BCUT2D eigenvalue weighted by Gasteiger charge is 2.18. The molecule has 1 atom stereocenters. The Morgan fingerprint density at radius 3 is 1.93 bits per heavy atom. The summed E-state index contributed by atoms with van der Waals surface area (Å²) < 4.78 is 9.24. The van der Waals surface area contributed by atoms with Crippen molar-refractivity contribution < 1.29 is 19.1 Å². The van der Waals surface area contributed by atoms with Gasteiger partial charge in [0.15, 0.2) is 0 Å². The van der Waals surface area contributed by atoms with E-state index in [4.69, 9.17) is 11.5 Å². The van der Waals surface area contributed by atoms with Crippen LogP contribution in [0.1, 0.15) is 6.92 Å². The monoisotopic (exact) mass is 216 g/mol. The van der Waals surface area contributed by atoms with Gasteiger partial charge in [-0.25, -0.2) is 9.59 Å². The Labute approximate surface area is 88.2 Å². The molecular weight excluding hydrogens is 200 g/mol. The van der Waals surface area contributed by atoms with Gasteiger partial charge in [0.25, 0.3) is 0 Å². The van der Waals surface area contributed by atoms with Gasteiger partial charge in [-0.1, -0.05) is 13.0 Å². The molecule has 6 heteroatoms. The fourth-order valence-corrected chi connectivity index (χ4v) is 0.922. The molecule has 0 radical (unpaired) electrons. The smallest absolute Gasteiger partial charge is 0.404 e. The third kappa shape index (κ3) is 6.36. The van der Waals surface area contributed by atoms with E-state index in [1.54, 1.807) is 6.08 Å². The highest BCUT2D eigenvalue weighted by Crippen LogP contribution is 2.13. The summed E-state index contributed by atoms with van der Waals surface area (Å²) in [6.07, 6.45) is -0.0648. The Morgan fingerprint density at radius 2 is 1.67 bits per heavy atom. The largest absolute Gasteiger partial charge is 0.449 e. The van der Waals surface area contributed by atoms with Crippen LogP contribution in [0.5, 0.6) is 0 Å². The first kappa shape index (κ1) is 13.3. The number of amides is 2. The van der Waals surface area contributed by atoms with Crippen LogP contribution in [0.25, 0.3) is 0 Å². The van der Waals surface area contributed by atoms with Gasteiger partial charge in [-0.2, -0.15) is 0 Å². The number of carbonyl (C=O) groups is 2. The van der Waals surface area contributed by atoms with E-state index in [1.807, 2.05) is 6.92 Å². The molecule has 0 aromatic carbocycles. The first-order valence-corrected chi connectivity index (χ1v) is 4.44. The van der Waals surface area contributed by atoms with Gasteiger partial charge in [0.05, 0.1) is 13.2 Å². The summed E-state index contributed by atoms with van der Waals surface area (Å²) in [7, 11) is 0. The summed E-state index contributed by atoms with van der Waals surface area (Å²) in [5.41, 5.74) is 9.64. The number of hydrogen-bond acceptors (Lipinski definition) is 4. The first-order chi connectivity index (χ1) is 6.97. The molecule has 0 fully saturated rings. The zero-order chi connectivity index (χ0) is 11.8. The number of carbonyl (C=O) groups excluding carboxylic acids is 2. The molecule has 0 heterocycles. The van der Waals surface area contributed by atoms with Crippen molar-refractivity contribution in [2.75, 3.05) is 13.2 Å². The summed E-state index contributed by atoms with van der Waals surface area (Å²) in [6.45, 7) is 5.58. The highest BCUT2D eigenvalue weighted by atomic mass is 16.6. The van der Waals surface area contributed by atoms with Gasteiger partial charge >= 0.3 is 12.2 Å². The van der Waals surface area contributed by atoms with Crippen molar-refractivity contribution in [1.29, 1.82) is 0 Å². The first-order valence-electron chi connectivity index (χ1n) is 4.44. The molecule has 86 valence electrons. The molecule has 4 N–H and O–H groups in total. The van der Waals surface area contributed by atoms with Crippen molar-refractivity contribution in [3.8, 4) is 0 Å². The quantitative estimate of drug-likeness (QED) is 0.634. The van der Waals surface area contributed by atoms with Crippen molar-refractivity contribution in [1.82, 2.24) is 0 Å². The van der Waals surface area contributed by atoms with Gasteiger partial charge in [0.1, 0.15) is 0 Å². The summed E-state index contributed by atoms with van der Waals surface area (Å²) in [4.78, 5) is 20.8. The minimum atomic E-state index is -0.865. The van der Waals surface area contributed by atoms with Crippen LogP contribution in [0.3, 0.4) is 0 Å². The van der Waals surface area contributed by atoms with Crippen LogP contribution in [0, 0.1) is 11.8 Å². The maximum absolute atomic E-state index is 10.4. The lowest BCUT2D eigenvalue weighted by Gasteiger charge is -2.19. The standard InChI is InChI=1S/C9H16N2O4/c1-3-6(2)7(4-14-8(10)12)5-15-9(11)13/h3,6-7H,1,4-5H2,2H3,(H2,10,12)(H2,11,13). The van der Waals surface area contributed by atoms with Gasteiger partial charge in [-0.15, -0.1) is 6.58 Å².